The van der Waals surface area contributed by atoms with E-state index in [1.807, 2.05) is 0 Å². The number of benzene rings is 1. The molecule has 0 unspecified atom stereocenters. The SMILES string of the molecule is NC(=O)OCC(F)(COC(N)=O)c1ccc(F)cc1. The van der Waals surface area contributed by atoms with Crippen LogP contribution in [0, 0.1) is 5.82 Å². The van der Waals surface area contributed by atoms with Crippen molar-refractivity contribution in [1.82, 2.24) is 0 Å². The fourth-order valence-corrected chi connectivity index (χ4v) is 1.33. The molecule has 0 atom stereocenters. The second-order valence-corrected chi connectivity index (χ2v) is 3.69. The number of halogens is 2. The second-order valence-electron chi connectivity index (χ2n) is 3.69. The summed E-state index contributed by atoms with van der Waals surface area (Å²) >= 11 is 0. The van der Waals surface area contributed by atoms with E-state index in [0.29, 0.717) is 0 Å². The number of ether oxygens (including phenoxy) is 2. The van der Waals surface area contributed by atoms with Gasteiger partial charge < -0.3 is 20.9 Å². The highest BCUT2D eigenvalue weighted by Crippen LogP contribution is 2.27. The third-order valence-corrected chi connectivity index (χ3v) is 2.25. The molecule has 0 aliphatic heterocycles. The zero-order chi connectivity index (χ0) is 14.5. The highest BCUT2D eigenvalue weighted by atomic mass is 19.1. The van der Waals surface area contributed by atoms with Crippen molar-refractivity contribution in [1.29, 1.82) is 0 Å². The molecule has 1 rings (SSSR count). The van der Waals surface area contributed by atoms with Gasteiger partial charge in [0.1, 0.15) is 19.0 Å². The van der Waals surface area contributed by atoms with E-state index in [1.54, 1.807) is 0 Å². The van der Waals surface area contributed by atoms with E-state index in [9.17, 15) is 18.4 Å². The van der Waals surface area contributed by atoms with Crippen LogP contribution < -0.4 is 11.5 Å². The minimum Gasteiger partial charge on any atom is -0.446 e. The van der Waals surface area contributed by atoms with Gasteiger partial charge in [0, 0.05) is 0 Å². The minimum atomic E-state index is -2.36. The fourth-order valence-electron chi connectivity index (χ4n) is 1.33. The standard InChI is InChI=1S/C11H12F2N2O4/c12-8-3-1-7(2-4-8)11(13,5-18-9(14)16)6-19-10(15)17/h1-4H,5-6H2,(H2,14,16)(H2,15,17). The van der Waals surface area contributed by atoms with Crippen molar-refractivity contribution in [3.63, 3.8) is 0 Å². The van der Waals surface area contributed by atoms with Crippen molar-refractivity contribution >= 4 is 12.2 Å². The zero-order valence-corrected chi connectivity index (χ0v) is 9.77. The molecule has 4 N–H and O–H groups in total. The number of primary amides is 2. The Labute approximate surface area is 107 Å². The number of hydrogen-bond donors (Lipinski definition) is 2. The van der Waals surface area contributed by atoms with Gasteiger partial charge in [-0.05, 0) is 17.7 Å². The molecule has 1 aromatic carbocycles. The van der Waals surface area contributed by atoms with Crippen LogP contribution >= 0.6 is 0 Å². The van der Waals surface area contributed by atoms with Gasteiger partial charge in [0.15, 0.2) is 0 Å². The van der Waals surface area contributed by atoms with Gasteiger partial charge in [0.2, 0.25) is 5.67 Å². The van der Waals surface area contributed by atoms with Crippen molar-refractivity contribution in [3.05, 3.63) is 35.6 Å². The van der Waals surface area contributed by atoms with Gasteiger partial charge in [-0.15, -0.1) is 0 Å². The normalized spacial score (nSPS) is 10.8. The van der Waals surface area contributed by atoms with Gasteiger partial charge in [-0.2, -0.15) is 0 Å². The van der Waals surface area contributed by atoms with Gasteiger partial charge >= 0.3 is 12.2 Å². The molecule has 0 aliphatic carbocycles. The average Bonchev–Trinajstić information content (AvgIpc) is 2.35. The first-order valence-corrected chi connectivity index (χ1v) is 5.13. The highest BCUT2D eigenvalue weighted by Gasteiger charge is 2.35. The maximum atomic E-state index is 14.6. The van der Waals surface area contributed by atoms with Crippen LogP contribution in [0.1, 0.15) is 5.56 Å². The maximum absolute atomic E-state index is 14.6. The molecule has 0 saturated carbocycles. The summed E-state index contributed by atoms with van der Waals surface area (Å²) in [5.41, 5.74) is 7.07. The minimum absolute atomic E-state index is 0.0450. The lowest BCUT2D eigenvalue weighted by Crippen LogP contribution is -2.36. The molecular weight excluding hydrogens is 262 g/mol. The Kier molecular flexibility index (Phi) is 4.62. The predicted octanol–water partition coefficient (Wildman–Crippen LogP) is 1.18. The molecule has 0 aliphatic rings. The van der Waals surface area contributed by atoms with Gasteiger partial charge in [0.05, 0.1) is 0 Å². The first kappa shape index (κ1) is 14.7. The Morgan fingerprint density at radius 2 is 1.47 bits per heavy atom. The summed E-state index contributed by atoms with van der Waals surface area (Å²) in [6.45, 7) is -1.58. The van der Waals surface area contributed by atoms with Crippen LogP contribution in [0.25, 0.3) is 0 Å². The van der Waals surface area contributed by atoms with E-state index in [4.69, 9.17) is 11.5 Å². The Morgan fingerprint density at radius 3 is 1.84 bits per heavy atom. The number of carbonyl (C=O) groups is 2. The Morgan fingerprint density at radius 1 is 1.05 bits per heavy atom. The third-order valence-electron chi connectivity index (χ3n) is 2.25. The summed E-state index contributed by atoms with van der Waals surface area (Å²) in [6.07, 6.45) is -2.38. The fraction of sp³-hybridized carbons (Fsp3) is 0.273. The van der Waals surface area contributed by atoms with E-state index >= 15 is 0 Å². The van der Waals surface area contributed by atoms with Crippen molar-refractivity contribution in [2.75, 3.05) is 13.2 Å². The largest absolute Gasteiger partial charge is 0.446 e. The summed E-state index contributed by atoms with van der Waals surface area (Å²) in [6, 6.07) is 4.28. The van der Waals surface area contributed by atoms with E-state index in [0.717, 1.165) is 24.3 Å². The lowest BCUT2D eigenvalue weighted by atomic mass is 9.97. The van der Waals surface area contributed by atoms with Gasteiger partial charge in [-0.3, -0.25) is 0 Å². The van der Waals surface area contributed by atoms with Crippen LogP contribution in [-0.4, -0.2) is 25.4 Å². The van der Waals surface area contributed by atoms with Gasteiger partial charge in [-0.25, -0.2) is 18.4 Å². The van der Waals surface area contributed by atoms with Crippen LogP contribution in [0.15, 0.2) is 24.3 Å². The summed E-state index contributed by atoms with van der Waals surface area (Å²) in [5.74, 6) is -0.572. The number of amides is 2. The van der Waals surface area contributed by atoms with Crippen molar-refractivity contribution in [2.24, 2.45) is 11.5 Å². The van der Waals surface area contributed by atoms with Crippen LogP contribution in [0.4, 0.5) is 18.4 Å². The first-order valence-electron chi connectivity index (χ1n) is 5.13. The topological polar surface area (TPSA) is 105 Å². The van der Waals surface area contributed by atoms with Crippen molar-refractivity contribution < 1.29 is 27.8 Å². The molecule has 104 valence electrons. The number of carbonyl (C=O) groups excluding carboxylic acids is 2. The monoisotopic (exact) mass is 274 g/mol. The lowest BCUT2D eigenvalue weighted by molar-refractivity contribution is -0.00113. The third kappa shape index (κ3) is 4.41. The van der Waals surface area contributed by atoms with E-state index in [-0.39, 0.29) is 5.56 Å². The van der Waals surface area contributed by atoms with Crippen LogP contribution in [-0.2, 0) is 15.1 Å². The zero-order valence-electron chi connectivity index (χ0n) is 9.77. The lowest BCUT2D eigenvalue weighted by Gasteiger charge is -2.24. The molecule has 0 radical (unpaired) electrons. The predicted molar refractivity (Wildman–Crippen MR) is 60.3 cm³/mol. The number of alkyl halides is 1. The van der Waals surface area contributed by atoms with Crippen LogP contribution in [0.3, 0.4) is 0 Å². The molecule has 6 nitrogen and oxygen atoms in total. The highest BCUT2D eigenvalue weighted by molar-refractivity contribution is 5.65. The number of nitrogens with two attached hydrogens (primary N) is 2. The van der Waals surface area contributed by atoms with E-state index in [2.05, 4.69) is 9.47 Å². The number of hydrogen-bond acceptors (Lipinski definition) is 4. The molecule has 8 heteroatoms. The quantitative estimate of drug-likeness (QED) is 0.841. The molecule has 0 aromatic heterocycles. The van der Waals surface area contributed by atoms with Gasteiger partial charge in [0.25, 0.3) is 0 Å². The molecule has 19 heavy (non-hydrogen) atoms. The Balaban J connectivity index is 2.92. The molecule has 0 spiro atoms. The summed E-state index contributed by atoms with van der Waals surface area (Å²) in [4.78, 5) is 21.0. The molecule has 1 aromatic rings. The van der Waals surface area contributed by atoms with Crippen molar-refractivity contribution in [2.45, 2.75) is 5.67 Å². The van der Waals surface area contributed by atoms with Crippen LogP contribution in [0.2, 0.25) is 0 Å². The van der Waals surface area contributed by atoms with Crippen molar-refractivity contribution in [3.8, 4) is 0 Å². The van der Waals surface area contributed by atoms with E-state index < -0.39 is 36.9 Å². The Bertz CT molecular complexity index is 446. The molecule has 0 heterocycles. The molecule has 0 saturated heterocycles. The maximum Gasteiger partial charge on any atom is 0.404 e. The van der Waals surface area contributed by atoms with Crippen LogP contribution in [0.5, 0.6) is 0 Å². The van der Waals surface area contributed by atoms with E-state index in [1.165, 1.54) is 0 Å². The average molecular weight is 274 g/mol. The van der Waals surface area contributed by atoms with Gasteiger partial charge in [-0.1, -0.05) is 12.1 Å². The second kappa shape index (κ2) is 5.98. The summed E-state index contributed by atoms with van der Waals surface area (Å²) in [5, 5.41) is 0. The number of rotatable bonds is 5. The first-order chi connectivity index (χ1) is 8.83. The molecule has 2 amide bonds. The molecule has 0 fully saturated rings. The summed E-state index contributed by atoms with van der Waals surface area (Å²) in [7, 11) is 0. The summed E-state index contributed by atoms with van der Waals surface area (Å²) < 4.78 is 36.1. The molecule has 0 bridgehead atoms. The Hall–Kier alpha value is -2.38. The molecular formula is C11H12F2N2O4. The smallest absolute Gasteiger partial charge is 0.404 e.